The number of benzene rings is 2. The van der Waals surface area contributed by atoms with Gasteiger partial charge < -0.3 is 9.64 Å². The Labute approximate surface area is 242 Å². The number of aryl methyl sites for hydroxylation is 1. The third kappa shape index (κ3) is 4.91. The van der Waals surface area contributed by atoms with Crippen LogP contribution in [0.5, 0.6) is 0 Å². The number of hydrogen-bond acceptors (Lipinski definition) is 5. The maximum absolute atomic E-state index is 16.4. The van der Waals surface area contributed by atoms with E-state index in [2.05, 4.69) is 14.9 Å². The lowest BCUT2D eigenvalue weighted by Crippen LogP contribution is -2.57. The van der Waals surface area contributed by atoms with Gasteiger partial charge in [-0.15, -0.1) is 0 Å². The first-order valence-corrected chi connectivity index (χ1v) is 14.5. The zero-order valence-corrected chi connectivity index (χ0v) is 24.6. The van der Waals surface area contributed by atoms with Crippen LogP contribution in [0.2, 0.25) is 15.3 Å². The maximum atomic E-state index is 16.4. The van der Waals surface area contributed by atoms with Gasteiger partial charge in [0.1, 0.15) is 16.9 Å². The molecule has 2 saturated heterocycles. The molecule has 0 radical (unpaired) electrons. The number of fused-ring (bicyclic) bond motifs is 3. The lowest BCUT2D eigenvalue weighted by molar-refractivity contribution is 0.0123. The largest absolute Gasteiger partial charge is 0.444 e. The van der Waals surface area contributed by atoms with E-state index in [9.17, 15) is 4.79 Å². The van der Waals surface area contributed by atoms with Gasteiger partial charge in [0, 0.05) is 29.1 Å². The Kier molecular flexibility index (Phi) is 6.63. The quantitative estimate of drug-likeness (QED) is 0.288. The van der Waals surface area contributed by atoms with E-state index in [1.807, 2.05) is 44.7 Å². The molecule has 0 spiro atoms. The smallest absolute Gasteiger partial charge is 0.410 e. The van der Waals surface area contributed by atoms with Crippen LogP contribution in [0.4, 0.5) is 15.0 Å². The topological polar surface area (TPSA) is 58.6 Å². The second-order valence-electron chi connectivity index (χ2n) is 11.9. The normalized spacial score (nSPS) is 21.1. The highest BCUT2D eigenvalue weighted by molar-refractivity contribution is 6.35. The number of anilines is 1. The van der Waals surface area contributed by atoms with E-state index >= 15 is 4.39 Å². The van der Waals surface area contributed by atoms with Crippen LogP contribution in [-0.4, -0.2) is 51.7 Å². The molecule has 206 valence electrons. The highest BCUT2D eigenvalue weighted by atomic mass is 35.5. The van der Waals surface area contributed by atoms with Crippen LogP contribution in [0.25, 0.3) is 22.0 Å². The standard InChI is InChI=1S/C29H30Cl3FN4O2/c1-14-9-18(22(15-5-6-15)20(30)10-14)23-21(31)11-19-25(24(23)33)34-27(32)35-26(19)36-12-16-7-8-17(13-36)37(16)28(38)39-29(2,3)4/h9-11,15-17H,5-8,12-13H2,1-4H3. The SMILES string of the molecule is Cc1cc(Cl)c(C2CC2)c(-c2c(Cl)cc3c(N4CC5CCC(C4)N5C(=O)OC(C)(C)C)nc(Cl)nc3c2F)c1. The Morgan fingerprint density at radius 2 is 1.67 bits per heavy atom. The van der Waals surface area contributed by atoms with E-state index in [0.29, 0.717) is 40.8 Å². The molecule has 0 N–H and O–H groups in total. The minimum Gasteiger partial charge on any atom is -0.444 e. The summed E-state index contributed by atoms with van der Waals surface area (Å²) >= 11 is 19.9. The van der Waals surface area contributed by atoms with Crippen LogP contribution in [0.15, 0.2) is 18.2 Å². The number of carbonyl (C=O) groups is 1. The summed E-state index contributed by atoms with van der Waals surface area (Å²) in [6.45, 7) is 8.58. The minimum absolute atomic E-state index is 0.0440. The first-order chi connectivity index (χ1) is 18.4. The fourth-order valence-corrected chi connectivity index (χ4v) is 6.96. The number of amides is 1. The number of rotatable bonds is 3. The van der Waals surface area contributed by atoms with Gasteiger partial charge in [-0.2, -0.15) is 4.98 Å². The van der Waals surface area contributed by atoms with E-state index in [-0.39, 0.29) is 39.6 Å². The Morgan fingerprint density at radius 3 is 2.28 bits per heavy atom. The molecule has 10 heteroatoms. The van der Waals surface area contributed by atoms with Crippen LogP contribution in [-0.2, 0) is 4.74 Å². The Balaban J connectivity index is 1.41. The first kappa shape index (κ1) is 26.9. The minimum atomic E-state index is -0.573. The lowest BCUT2D eigenvalue weighted by atomic mass is 9.93. The van der Waals surface area contributed by atoms with Gasteiger partial charge in [-0.3, -0.25) is 4.90 Å². The van der Waals surface area contributed by atoms with Crippen molar-refractivity contribution in [2.75, 3.05) is 18.0 Å². The second-order valence-corrected chi connectivity index (χ2v) is 13.1. The Hall–Kier alpha value is -2.35. The molecular weight excluding hydrogens is 562 g/mol. The van der Waals surface area contributed by atoms with Crippen LogP contribution in [0.3, 0.4) is 0 Å². The highest BCUT2D eigenvalue weighted by Crippen LogP contribution is 2.50. The predicted octanol–water partition coefficient (Wildman–Crippen LogP) is 8.17. The summed E-state index contributed by atoms with van der Waals surface area (Å²) in [5.74, 6) is 0.269. The van der Waals surface area contributed by atoms with Crippen LogP contribution in [0.1, 0.15) is 63.5 Å². The van der Waals surface area contributed by atoms with Crippen molar-refractivity contribution >= 4 is 57.6 Å². The molecule has 2 unspecified atom stereocenters. The Morgan fingerprint density at radius 1 is 1.00 bits per heavy atom. The summed E-state index contributed by atoms with van der Waals surface area (Å²) < 4.78 is 22.1. The number of hydrogen-bond donors (Lipinski definition) is 0. The lowest BCUT2D eigenvalue weighted by Gasteiger charge is -2.42. The van der Waals surface area contributed by atoms with Gasteiger partial charge in [-0.05, 0) is 99.7 Å². The van der Waals surface area contributed by atoms with Gasteiger partial charge in [-0.25, -0.2) is 14.2 Å². The summed E-state index contributed by atoms with van der Waals surface area (Å²) in [6, 6.07) is 5.49. The van der Waals surface area contributed by atoms with E-state index in [1.54, 1.807) is 6.07 Å². The fourth-order valence-electron chi connectivity index (χ4n) is 6.08. The molecule has 1 saturated carbocycles. The van der Waals surface area contributed by atoms with E-state index < -0.39 is 11.4 Å². The van der Waals surface area contributed by atoms with E-state index in [0.717, 1.165) is 36.8 Å². The summed E-state index contributed by atoms with van der Waals surface area (Å²) in [5.41, 5.74) is 2.38. The molecule has 2 bridgehead atoms. The zero-order chi connectivity index (χ0) is 27.8. The van der Waals surface area contributed by atoms with Crippen molar-refractivity contribution < 1.29 is 13.9 Å². The Bertz CT molecular complexity index is 1490. The summed E-state index contributed by atoms with van der Waals surface area (Å²) in [7, 11) is 0. The number of ether oxygens (including phenoxy) is 1. The van der Waals surface area contributed by atoms with E-state index in [1.165, 1.54) is 0 Å². The number of aromatic nitrogens is 2. The molecule has 1 aromatic heterocycles. The first-order valence-electron chi connectivity index (χ1n) is 13.3. The predicted molar refractivity (Wildman–Crippen MR) is 154 cm³/mol. The van der Waals surface area contributed by atoms with Crippen molar-refractivity contribution in [1.29, 1.82) is 0 Å². The molecule has 3 fully saturated rings. The zero-order valence-electron chi connectivity index (χ0n) is 22.3. The number of carbonyl (C=O) groups excluding carboxylic acids is 1. The molecule has 39 heavy (non-hydrogen) atoms. The molecule has 1 aliphatic carbocycles. The number of halogens is 4. The molecular formula is C29H30Cl3FN4O2. The van der Waals surface area contributed by atoms with Gasteiger partial charge in [-0.1, -0.05) is 29.3 Å². The van der Waals surface area contributed by atoms with Gasteiger partial charge in [0.15, 0.2) is 5.82 Å². The molecule has 6 rings (SSSR count). The third-order valence-electron chi connectivity index (χ3n) is 7.75. The van der Waals surface area contributed by atoms with E-state index in [4.69, 9.17) is 39.5 Å². The third-order valence-corrected chi connectivity index (χ3v) is 8.53. The van der Waals surface area contributed by atoms with Gasteiger partial charge in [0.05, 0.1) is 17.1 Å². The van der Waals surface area contributed by atoms with Crippen LogP contribution in [0, 0.1) is 12.7 Å². The van der Waals surface area contributed by atoms with Crippen molar-refractivity contribution in [3.63, 3.8) is 0 Å². The number of piperazine rings is 1. The van der Waals surface area contributed by atoms with Gasteiger partial charge >= 0.3 is 6.09 Å². The van der Waals surface area contributed by atoms with Crippen LogP contribution >= 0.6 is 34.8 Å². The molecule has 2 aliphatic heterocycles. The maximum Gasteiger partial charge on any atom is 0.410 e. The number of nitrogens with zero attached hydrogens (tertiary/aromatic N) is 4. The fraction of sp³-hybridized carbons (Fsp3) is 0.483. The van der Waals surface area contributed by atoms with Crippen molar-refractivity contribution in [3.8, 4) is 11.1 Å². The summed E-state index contributed by atoms with van der Waals surface area (Å²) in [4.78, 5) is 25.7. The molecule has 2 aromatic carbocycles. The second kappa shape index (κ2) is 9.64. The summed E-state index contributed by atoms with van der Waals surface area (Å²) in [6.07, 6.45) is 3.43. The van der Waals surface area contributed by atoms with Crippen LogP contribution < -0.4 is 4.90 Å². The van der Waals surface area contributed by atoms with Crippen molar-refractivity contribution in [3.05, 3.63) is 50.5 Å². The molecule has 6 nitrogen and oxygen atoms in total. The molecule has 1 amide bonds. The van der Waals surface area contributed by atoms with Crippen molar-refractivity contribution in [2.24, 2.45) is 0 Å². The molecule has 3 aromatic rings. The molecule has 3 aliphatic rings. The molecule has 3 heterocycles. The van der Waals surface area contributed by atoms with Gasteiger partial charge in [0.25, 0.3) is 0 Å². The summed E-state index contributed by atoms with van der Waals surface area (Å²) in [5, 5.41) is 1.34. The molecule has 2 atom stereocenters. The highest BCUT2D eigenvalue weighted by Gasteiger charge is 2.45. The van der Waals surface area contributed by atoms with Crippen molar-refractivity contribution in [2.45, 2.75) is 77.0 Å². The average molecular weight is 592 g/mol. The van der Waals surface area contributed by atoms with Crippen molar-refractivity contribution in [1.82, 2.24) is 14.9 Å². The van der Waals surface area contributed by atoms with Gasteiger partial charge in [0.2, 0.25) is 5.28 Å². The monoisotopic (exact) mass is 590 g/mol. The average Bonchev–Trinajstić information content (AvgIpc) is 3.62.